The maximum Gasteiger partial charge on any atom is 0.251 e. The number of amides is 1. The third-order valence-corrected chi connectivity index (χ3v) is 8.28. The molecule has 0 aromatic heterocycles. The number of carbonyl (C=O) groups excluding carboxylic acids is 1. The van der Waals surface area contributed by atoms with Crippen molar-refractivity contribution >= 4 is 25.8 Å². The Labute approximate surface area is 172 Å². The van der Waals surface area contributed by atoms with E-state index in [1.165, 1.54) is 40.7 Å². The average molecular weight is 439 g/mol. The van der Waals surface area contributed by atoms with Crippen molar-refractivity contribution in [1.82, 2.24) is 9.62 Å². The Morgan fingerprint density at radius 3 is 2.14 bits per heavy atom. The summed E-state index contributed by atoms with van der Waals surface area (Å²) in [6, 6.07) is 14.0. The lowest BCUT2D eigenvalue weighted by molar-refractivity contribution is 0.0953. The first-order valence-electron chi connectivity index (χ1n) is 9.38. The van der Waals surface area contributed by atoms with Crippen molar-refractivity contribution in [3.63, 3.8) is 0 Å². The van der Waals surface area contributed by atoms with Crippen molar-refractivity contribution in [3.8, 4) is 0 Å². The summed E-state index contributed by atoms with van der Waals surface area (Å²) in [4.78, 5) is 12.7. The van der Waals surface area contributed by atoms with Crippen LogP contribution >= 0.6 is 0 Å². The van der Waals surface area contributed by atoms with Gasteiger partial charge in [0, 0.05) is 25.2 Å². The van der Waals surface area contributed by atoms with E-state index in [0.717, 1.165) is 0 Å². The molecule has 0 radical (unpaired) electrons. The van der Waals surface area contributed by atoms with Crippen LogP contribution in [0.4, 0.5) is 0 Å². The summed E-state index contributed by atoms with van der Waals surface area (Å²) in [6.07, 6.45) is 0.250. The monoisotopic (exact) mass is 438 g/mol. The summed E-state index contributed by atoms with van der Waals surface area (Å²) in [7, 11) is -7.06. The molecule has 0 saturated heterocycles. The van der Waals surface area contributed by atoms with Crippen LogP contribution in [0, 0.1) is 0 Å². The van der Waals surface area contributed by atoms with Crippen LogP contribution in [0.5, 0.6) is 0 Å². The maximum atomic E-state index is 12.6. The number of hydrogen-bond donors (Lipinski definition) is 1. The Hall–Kier alpha value is -2.23. The van der Waals surface area contributed by atoms with Crippen LogP contribution in [0.2, 0.25) is 0 Å². The number of benzene rings is 2. The van der Waals surface area contributed by atoms with Crippen LogP contribution in [0.15, 0.2) is 64.4 Å². The standard InChI is InChI=1S/C20H26N2O5S2/c1-3-22(4-2)29(26,27)19-13-8-10-17(16-19)20(23)21-14-9-15-28(24,25)18-11-6-5-7-12-18/h5-8,10-13,16H,3-4,9,14-15H2,1-2H3,(H,21,23). The molecule has 0 aliphatic carbocycles. The Bertz CT molecular complexity index is 1030. The molecular weight excluding hydrogens is 412 g/mol. The predicted octanol–water partition coefficient (Wildman–Crippen LogP) is 2.31. The molecule has 0 aliphatic rings. The molecule has 2 aromatic carbocycles. The summed E-state index contributed by atoms with van der Waals surface area (Å²) in [6.45, 7) is 4.34. The third kappa shape index (κ3) is 5.88. The summed E-state index contributed by atoms with van der Waals surface area (Å²) in [5.74, 6) is -0.535. The first-order chi connectivity index (χ1) is 13.7. The zero-order valence-electron chi connectivity index (χ0n) is 16.5. The molecule has 2 aromatic rings. The van der Waals surface area contributed by atoms with Gasteiger partial charge in [0.25, 0.3) is 5.91 Å². The predicted molar refractivity (Wildman–Crippen MR) is 112 cm³/mol. The molecule has 0 fully saturated rings. The average Bonchev–Trinajstić information content (AvgIpc) is 2.72. The van der Waals surface area contributed by atoms with E-state index in [0.29, 0.717) is 13.1 Å². The molecular formula is C20H26N2O5S2. The quantitative estimate of drug-likeness (QED) is 0.574. The molecule has 0 saturated carbocycles. The van der Waals surface area contributed by atoms with Crippen molar-refractivity contribution in [3.05, 3.63) is 60.2 Å². The summed E-state index contributed by atoms with van der Waals surface area (Å²) in [5, 5.41) is 2.65. The van der Waals surface area contributed by atoms with E-state index in [4.69, 9.17) is 0 Å². The van der Waals surface area contributed by atoms with Gasteiger partial charge in [-0.05, 0) is 36.8 Å². The van der Waals surface area contributed by atoms with E-state index < -0.39 is 25.8 Å². The highest BCUT2D eigenvalue weighted by Crippen LogP contribution is 2.17. The van der Waals surface area contributed by atoms with Gasteiger partial charge in [0.2, 0.25) is 10.0 Å². The Morgan fingerprint density at radius 2 is 1.52 bits per heavy atom. The van der Waals surface area contributed by atoms with Crippen LogP contribution < -0.4 is 5.32 Å². The Balaban J connectivity index is 1.98. The minimum absolute atomic E-state index is 0.0560. The van der Waals surface area contributed by atoms with Crippen LogP contribution in [0.1, 0.15) is 30.6 Å². The lowest BCUT2D eigenvalue weighted by Crippen LogP contribution is -2.31. The normalized spacial score (nSPS) is 12.1. The minimum Gasteiger partial charge on any atom is -0.352 e. The van der Waals surface area contributed by atoms with Gasteiger partial charge >= 0.3 is 0 Å². The van der Waals surface area contributed by atoms with Gasteiger partial charge in [0.15, 0.2) is 9.84 Å². The van der Waals surface area contributed by atoms with Crippen molar-refractivity contribution in [1.29, 1.82) is 0 Å². The fourth-order valence-corrected chi connectivity index (χ4v) is 5.66. The van der Waals surface area contributed by atoms with Crippen LogP contribution in [0.25, 0.3) is 0 Å². The molecule has 158 valence electrons. The number of rotatable bonds is 10. The van der Waals surface area contributed by atoms with Gasteiger partial charge in [0.05, 0.1) is 15.5 Å². The number of sulfonamides is 1. The topological polar surface area (TPSA) is 101 Å². The van der Waals surface area contributed by atoms with Gasteiger partial charge in [-0.2, -0.15) is 4.31 Å². The van der Waals surface area contributed by atoms with Crippen molar-refractivity contribution in [2.75, 3.05) is 25.4 Å². The van der Waals surface area contributed by atoms with Gasteiger partial charge in [-0.15, -0.1) is 0 Å². The summed E-state index contributed by atoms with van der Waals surface area (Å²) >= 11 is 0. The van der Waals surface area contributed by atoms with E-state index in [1.54, 1.807) is 32.0 Å². The van der Waals surface area contributed by atoms with E-state index in [9.17, 15) is 21.6 Å². The van der Waals surface area contributed by atoms with E-state index in [-0.39, 0.29) is 34.1 Å². The molecule has 1 N–H and O–H groups in total. The molecule has 0 spiro atoms. The number of nitrogens with one attached hydrogen (secondary N) is 1. The van der Waals surface area contributed by atoms with Gasteiger partial charge in [-0.25, -0.2) is 16.8 Å². The number of carbonyl (C=O) groups is 1. The lowest BCUT2D eigenvalue weighted by Gasteiger charge is -2.18. The van der Waals surface area contributed by atoms with Crippen molar-refractivity contribution in [2.24, 2.45) is 0 Å². The van der Waals surface area contributed by atoms with Crippen molar-refractivity contribution in [2.45, 2.75) is 30.1 Å². The van der Waals surface area contributed by atoms with Crippen molar-refractivity contribution < 1.29 is 21.6 Å². The second-order valence-electron chi connectivity index (χ2n) is 6.36. The van der Waals surface area contributed by atoms with Gasteiger partial charge in [0.1, 0.15) is 0 Å². The molecule has 7 nitrogen and oxygen atoms in total. The lowest BCUT2D eigenvalue weighted by atomic mass is 10.2. The number of hydrogen-bond acceptors (Lipinski definition) is 5. The zero-order chi connectivity index (χ0) is 21.5. The number of nitrogens with zero attached hydrogens (tertiary/aromatic N) is 1. The number of sulfone groups is 1. The molecule has 2 rings (SSSR count). The van der Waals surface area contributed by atoms with E-state index in [1.807, 2.05) is 0 Å². The first kappa shape index (κ1) is 23.1. The zero-order valence-corrected chi connectivity index (χ0v) is 18.2. The molecule has 0 aliphatic heterocycles. The third-order valence-electron chi connectivity index (χ3n) is 4.42. The highest BCUT2D eigenvalue weighted by Gasteiger charge is 2.22. The molecule has 0 bridgehead atoms. The molecule has 0 heterocycles. The van der Waals surface area contributed by atoms with Gasteiger partial charge < -0.3 is 5.32 Å². The summed E-state index contributed by atoms with van der Waals surface area (Å²) in [5.41, 5.74) is 0.212. The SMILES string of the molecule is CCN(CC)S(=O)(=O)c1cccc(C(=O)NCCCS(=O)(=O)c2ccccc2)c1. The minimum atomic E-state index is -3.66. The smallest absolute Gasteiger partial charge is 0.251 e. The first-order valence-corrected chi connectivity index (χ1v) is 12.5. The fraction of sp³-hybridized carbons (Fsp3) is 0.350. The fourth-order valence-electron chi connectivity index (χ4n) is 2.82. The van der Waals surface area contributed by atoms with Crippen LogP contribution in [0.3, 0.4) is 0 Å². The molecule has 9 heteroatoms. The van der Waals surface area contributed by atoms with E-state index >= 15 is 0 Å². The summed E-state index contributed by atoms with van der Waals surface area (Å²) < 4.78 is 51.0. The second-order valence-corrected chi connectivity index (χ2v) is 10.4. The Kier molecular flexibility index (Phi) is 7.95. The highest BCUT2D eigenvalue weighted by atomic mass is 32.2. The Morgan fingerprint density at radius 1 is 0.897 bits per heavy atom. The van der Waals surface area contributed by atoms with Crippen LogP contribution in [-0.2, 0) is 19.9 Å². The maximum absolute atomic E-state index is 12.6. The second kappa shape index (κ2) is 10.00. The molecule has 1 amide bonds. The molecule has 29 heavy (non-hydrogen) atoms. The molecule has 0 atom stereocenters. The van der Waals surface area contributed by atoms with Gasteiger partial charge in [-0.3, -0.25) is 4.79 Å². The van der Waals surface area contributed by atoms with Gasteiger partial charge in [-0.1, -0.05) is 38.1 Å². The van der Waals surface area contributed by atoms with Crippen LogP contribution in [-0.4, -0.2) is 52.4 Å². The van der Waals surface area contributed by atoms with E-state index in [2.05, 4.69) is 5.32 Å². The largest absolute Gasteiger partial charge is 0.352 e. The highest BCUT2D eigenvalue weighted by molar-refractivity contribution is 7.91. The molecule has 0 unspecified atom stereocenters.